The van der Waals surface area contributed by atoms with Gasteiger partial charge in [-0.2, -0.15) is 13.2 Å². The second kappa shape index (κ2) is 7.98. The van der Waals surface area contributed by atoms with E-state index in [0.717, 1.165) is 18.9 Å². The third-order valence-corrected chi connectivity index (χ3v) is 4.53. The summed E-state index contributed by atoms with van der Waals surface area (Å²) in [4.78, 5) is 11.9. The van der Waals surface area contributed by atoms with Crippen molar-refractivity contribution in [3.8, 4) is 0 Å². The van der Waals surface area contributed by atoms with Crippen LogP contribution in [0.3, 0.4) is 0 Å². The molecule has 0 aliphatic carbocycles. The van der Waals surface area contributed by atoms with E-state index in [1.165, 1.54) is 18.2 Å². The van der Waals surface area contributed by atoms with Crippen molar-refractivity contribution < 1.29 is 18.0 Å². The van der Waals surface area contributed by atoms with Crippen LogP contribution in [0.4, 0.5) is 13.2 Å². The van der Waals surface area contributed by atoms with Gasteiger partial charge < -0.3 is 5.32 Å². The lowest BCUT2D eigenvalue weighted by Crippen LogP contribution is -2.30. The molecule has 2 unspecified atom stereocenters. The summed E-state index contributed by atoms with van der Waals surface area (Å²) in [6, 6.07) is 5.94. The summed E-state index contributed by atoms with van der Waals surface area (Å²) in [7, 11) is 0. The van der Waals surface area contributed by atoms with Crippen LogP contribution in [-0.2, 0) is 17.4 Å². The van der Waals surface area contributed by atoms with Gasteiger partial charge in [0.05, 0.1) is 12.0 Å². The van der Waals surface area contributed by atoms with Gasteiger partial charge in [0.15, 0.2) is 0 Å². The first-order valence-corrected chi connectivity index (χ1v) is 8.22. The van der Waals surface area contributed by atoms with Crippen molar-refractivity contribution in [3.63, 3.8) is 0 Å². The van der Waals surface area contributed by atoms with Crippen LogP contribution in [0.5, 0.6) is 0 Å². The molecule has 7 heteroatoms. The molecule has 134 valence electrons. The lowest BCUT2D eigenvalue weighted by atomic mass is 9.92. The molecule has 1 fully saturated rings. The number of carbonyl (C=O) groups is 1. The number of benzene rings is 1. The van der Waals surface area contributed by atoms with Gasteiger partial charge in [-0.15, -0.1) is 0 Å². The van der Waals surface area contributed by atoms with Gasteiger partial charge in [-0.05, 0) is 44.2 Å². The molecule has 4 nitrogen and oxygen atoms in total. The van der Waals surface area contributed by atoms with Gasteiger partial charge in [-0.25, -0.2) is 0 Å². The minimum Gasteiger partial charge on any atom is -0.356 e. The zero-order valence-electron chi connectivity index (χ0n) is 13.9. The number of hydrogen-bond donors (Lipinski definition) is 3. The number of alkyl halides is 3. The fourth-order valence-corrected chi connectivity index (χ4v) is 3.16. The molecule has 1 aromatic rings. The fourth-order valence-electron chi connectivity index (χ4n) is 3.16. The molecule has 1 aliphatic rings. The van der Waals surface area contributed by atoms with Gasteiger partial charge in [0, 0.05) is 18.6 Å². The Morgan fingerprint density at radius 3 is 2.42 bits per heavy atom. The van der Waals surface area contributed by atoms with Crippen molar-refractivity contribution in [2.75, 3.05) is 6.54 Å². The van der Waals surface area contributed by atoms with Gasteiger partial charge in [0.2, 0.25) is 5.91 Å². The molecule has 2 rings (SSSR count). The molecule has 1 saturated heterocycles. The smallest absolute Gasteiger partial charge is 0.356 e. The molecule has 1 amide bonds. The lowest BCUT2D eigenvalue weighted by Gasteiger charge is -2.17. The monoisotopic (exact) mass is 343 g/mol. The molecular formula is C17H24F3N3O. The molecule has 1 aromatic carbocycles. The minimum absolute atomic E-state index is 0.00828. The maximum absolute atomic E-state index is 12.9. The van der Waals surface area contributed by atoms with E-state index in [-0.39, 0.29) is 17.9 Å². The lowest BCUT2D eigenvalue weighted by molar-refractivity contribution is -0.138. The van der Waals surface area contributed by atoms with Crippen molar-refractivity contribution >= 4 is 5.91 Å². The van der Waals surface area contributed by atoms with E-state index in [9.17, 15) is 18.0 Å². The number of nitrogens with one attached hydrogen (secondary N) is 3. The zero-order valence-corrected chi connectivity index (χ0v) is 13.9. The molecular weight excluding hydrogens is 319 g/mol. The van der Waals surface area contributed by atoms with Gasteiger partial charge in [0.1, 0.15) is 0 Å². The summed E-state index contributed by atoms with van der Waals surface area (Å²) < 4.78 is 38.7. The third kappa shape index (κ3) is 4.95. The SMILES string of the molecule is CC1NNC(C)C1CCCNC(=O)Cc1ccccc1C(F)(F)F. The van der Waals surface area contributed by atoms with Crippen molar-refractivity contribution in [2.24, 2.45) is 5.92 Å². The van der Waals surface area contributed by atoms with Crippen LogP contribution >= 0.6 is 0 Å². The number of halogens is 3. The first-order valence-electron chi connectivity index (χ1n) is 8.22. The second-order valence-corrected chi connectivity index (χ2v) is 6.35. The molecule has 0 saturated carbocycles. The summed E-state index contributed by atoms with van der Waals surface area (Å²) in [5, 5.41) is 2.72. The van der Waals surface area contributed by atoms with Crippen LogP contribution in [0.1, 0.15) is 37.8 Å². The zero-order chi connectivity index (χ0) is 17.7. The van der Waals surface area contributed by atoms with E-state index < -0.39 is 11.7 Å². The first kappa shape index (κ1) is 18.7. The van der Waals surface area contributed by atoms with Gasteiger partial charge in [-0.3, -0.25) is 15.6 Å². The van der Waals surface area contributed by atoms with Crippen LogP contribution in [0.25, 0.3) is 0 Å². The highest BCUT2D eigenvalue weighted by Crippen LogP contribution is 2.32. The Kier molecular flexibility index (Phi) is 6.23. The minimum atomic E-state index is -4.44. The number of carbonyl (C=O) groups excluding carboxylic acids is 1. The maximum atomic E-state index is 12.9. The van der Waals surface area contributed by atoms with Crippen LogP contribution in [0.15, 0.2) is 24.3 Å². The Bertz CT molecular complexity index is 552. The quantitative estimate of drug-likeness (QED) is 0.696. The van der Waals surface area contributed by atoms with Gasteiger partial charge in [0.25, 0.3) is 0 Å². The Labute approximate surface area is 140 Å². The van der Waals surface area contributed by atoms with E-state index in [1.54, 1.807) is 0 Å². The maximum Gasteiger partial charge on any atom is 0.416 e. The van der Waals surface area contributed by atoms with Gasteiger partial charge in [-0.1, -0.05) is 18.2 Å². The first-order chi connectivity index (χ1) is 11.3. The third-order valence-electron chi connectivity index (χ3n) is 4.53. The summed E-state index contributed by atoms with van der Waals surface area (Å²) in [5.74, 6) is 0.100. The summed E-state index contributed by atoms with van der Waals surface area (Å²) in [6.45, 7) is 4.69. The molecule has 0 spiro atoms. The van der Waals surface area contributed by atoms with E-state index in [2.05, 4.69) is 30.0 Å². The molecule has 24 heavy (non-hydrogen) atoms. The number of rotatable bonds is 6. The van der Waals surface area contributed by atoms with Crippen LogP contribution in [0.2, 0.25) is 0 Å². The number of amides is 1. The molecule has 0 radical (unpaired) electrons. The van der Waals surface area contributed by atoms with Gasteiger partial charge >= 0.3 is 6.18 Å². The molecule has 1 heterocycles. The van der Waals surface area contributed by atoms with E-state index in [4.69, 9.17) is 0 Å². The highest BCUT2D eigenvalue weighted by Gasteiger charge is 2.33. The molecule has 1 aliphatic heterocycles. The van der Waals surface area contributed by atoms with Crippen LogP contribution in [0, 0.1) is 5.92 Å². The Morgan fingerprint density at radius 2 is 1.79 bits per heavy atom. The molecule has 0 bridgehead atoms. The molecule has 3 N–H and O–H groups in total. The highest BCUT2D eigenvalue weighted by molar-refractivity contribution is 5.78. The Balaban J connectivity index is 1.78. The number of hydrogen-bond acceptors (Lipinski definition) is 3. The molecule has 2 atom stereocenters. The average Bonchev–Trinajstić information content (AvgIpc) is 2.82. The molecule has 0 aromatic heterocycles. The number of hydrazine groups is 1. The van der Waals surface area contributed by atoms with E-state index in [1.807, 2.05) is 0 Å². The summed E-state index contributed by atoms with van der Waals surface area (Å²) >= 11 is 0. The van der Waals surface area contributed by atoms with Crippen LogP contribution in [-0.4, -0.2) is 24.5 Å². The predicted octanol–water partition coefficient (Wildman–Crippen LogP) is 2.65. The van der Waals surface area contributed by atoms with Crippen molar-refractivity contribution in [2.45, 2.75) is 51.4 Å². The van der Waals surface area contributed by atoms with Crippen molar-refractivity contribution in [1.29, 1.82) is 0 Å². The fraction of sp³-hybridized carbons (Fsp3) is 0.588. The average molecular weight is 343 g/mol. The normalized spacial score (nSPS) is 24.1. The second-order valence-electron chi connectivity index (χ2n) is 6.35. The highest BCUT2D eigenvalue weighted by atomic mass is 19.4. The predicted molar refractivity (Wildman–Crippen MR) is 86.1 cm³/mol. The Morgan fingerprint density at radius 1 is 1.17 bits per heavy atom. The summed E-state index contributed by atoms with van der Waals surface area (Å²) in [5.41, 5.74) is 5.62. The van der Waals surface area contributed by atoms with Crippen molar-refractivity contribution in [3.05, 3.63) is 35.4 Å². The largest absolute Gasteiger partial charge is 0.416 e. The van der Waals surface area contributed by atoms with E-state index >= 15 is 0 Å². The van der Waals surface area contributed by atoms with E-state index in [0.29, 0.717) is 24.5 Å². The van der Waals surface area contributed by atoms with Crippen molar-refractivity contribution in [1.82, 2.24) is 16.2 Å². The Hall–Kier alpha value is -1.60. The summed E-state index contributed by atoms with van der Waals surface area (Å²) in [6.07, 6.45) is -2.95. The topological polar surface area (TPSA) is 53.2 Å². The standard InChI is InChI=1S/C17H24F3N3O/c1-11-14(12(2)23-22-11)7-5-9-21-16(24)10-13-6-3-4-8-15(13)17(18,19)20/h3-4,6,8,11-12,14,22-23H,5,7,9-10H2,1-2H3,(H,21,24). The van der Waals surface area contributed by atoms with Crippen LogP contribution < -0.4 is 16.2 Å².